The molecule has 0 aliphatic carbocycles. The average Bonchev–Trinajstić information content (AvgIpc) is 2.19. The molecule has 1 amide bonds. The van der Waals surface area contributed by atoms with Crippen LogP contribution in [0.5, 0.6) is 0 Å². The summed E-state index contributed by atoms with van der Waals surface area (Å²) < 4.78 is 0. The molecule has 0 aliphatic heterocycles. The van der Waals surface area contributed by atoms with Gasteiger partial charge in [0.15, 0.2) is 6.04 Å². The lowest BCUT2D eigenvalue weighted by molar-refractivity contribution is -0.145. The number of carbonyl (C=O) groups is 2. The molecule has 18 heavy (non-hydrogen) atoms. The molecule has 0 radical (unpaired) electrons. The number of carboxylic acids is 1. The maximum Gasteiger partial charge on any atom is 0.328 e. The lowest BCUT2D eigenvalue weighted by Gasteiger charge is -2.26. The first-order valence-electron chi connectivity index (χ1n) is 6.00. The largest absolute Gasteiger partial charge is 0.480 e. The maximum absolute atomic E-state index is 11.9. The number of nitrogens with one attached hydrogen (secondary N) is 1. The number of aliphatic carboxylic acids is 1. The van der Waals surface area contributed by atoms with E-state index in [4.69, 9.17) is 10.8 Å². The highest BCUT2D eigenvalue weighted by atomic mass is 16.4. The summed E-state index contributed by atoms with van der Waals surface area (Å²) in [6.45, 7) is 7.40. The normalized spacial score (nSPS) is 16.8. The van der Waals surface area contributed by atoms with E-state index in [9.17, 15) is 14.7 Å². The van der Waals surface area contributed by atoms with Gasteiger partial charge in [-0.25, -0.2) is 4.79 Å². The summed E-state index contributed by atoms with van der Waals surface area (Å²) in [5, 5.41) is 20.5. The molecule has 0 aromatic carbocycles. The molecule has 0 aromatic rings. The van der Waals surface area contributed by atoms with Gasteiger partial charge in [0.2, 0.25) is 5.91 Å². The van der Waals surface area contributed by atoms with Crippen LogP contribution in [0.4, 0.5) is 0 Å². The molecule has 0 aromatic heterocycles. The SMILES string of the molecule is CC(O)C(NC(=O)C(CN)CC(C)(C)C)C(=O)O. The predicted molar refractivity (Wildman–Crippen MR) is 67.9 cm³/mol. The van der Waals surface area contributed by atoms with Crippen LogP contribution in [0.3, 0.4) is 0 Å². The van der Waals surface area contributed by atoms with E-state index in [1.54, 1.807) is 0 Å². The van der Waals surface area contributed by atoms with Crippen LogP contribution in [0.25, 0.3) is 0 Å². The van der Waals surface area contributed by atoms with Gasteiger partial charge in [-0.1, -0.05) is 20.8 Å². The Morgan fingerprint density at radius 1 is 1.33 bits per heavy atom. The van der Waals surface area contributed by atoms with Crippen molar-refractivity contribution in [1.82, 2.24) is 5.32 Å². The van der Waals surface area contributed by atoms with Crippen LogP contribution < -0.4 is 11.1 Å². The van der Waals surface area contributed by atoms with Crippen LogP contribution in [0.2, 0.25) is 0 Å². The van der Waals surface area contributed by atoms with Crippen molar-refractivity contribution in [2.45, 2.75) is 46.3 Å². The number of hydrogen-bond donors (Lipinski definition) is 4. The molecule has 3 unspecified atom stereocenters. The Morgan fingerprint density at radius 3 is 2.11 bits per heavy atom. The smallest absolute Gasteiger partial charge is 0.328 e. The van der Waals surface area contributed by atoms with Gasteiger partial charge >= 0.3 is 5.97 Å². The number of aliphatic hydroxyl groups excluding tert-OH is 1. The van der Waals surface area contributed by atoms with Crippen molar-refractivity contribution < 1.29 is 19.8 Å². The van der Waals surface area contributed by atoms with Gasteiger partial charge in [0, 0.05) is 6.54 Å². The first-order chi connectivity index (χ1) is 8.08. The predicted octanol–water partition coefficient (Wildman–Crippen LogP) is -0.0523. The number of aliphatic hydroxyl groups is 1. The van der Waals surface area contributed by atoms with Gasteiger partial charge in [-0.2, -0.15) is 0 Å². The van der Waals surface area contributed by atoms with E-state index in [1.807, 2.05) is 20.8 Å². The molecule has 0 aliphatic rings. The van der Waals surface area contributed by atoms with Gasteiger partial charge < -0.3 is 21.3 Å². The Kier molecular flexibility index (Phi) is 6.28. The van der Waals surface area contributed by atoms with Gasteiger partial charge in [-0.3, -0.25) is 4.79 Å². The minimum absolute atomic E-state index is 0.0784. The lowest BCUT2D eigenvalue weighted by Crippen LogP contribution is -2.50. The summed E-state index contributed by atoms with van der Waals surface area (Å²) in [5.74, 6) is -2.14. The quantitative estimate of drug-likeness (QED) is 0.535. The molecular formula is C12H24N2O4. The van der Waals surface area contributed by atoms with E-state index < -0.39 is 29.9 Å². The van der Waals surface area contributed by atoms with Crippen molar-refractivity contribution in [2.24, 2.45) is 17.1 Å². The Balaban J connectivity index is 4.65. The Morgan fingerprint density at radius 2 is 1.83 bits per heavy atom. The van der Waals surface area contributed by atoms with Crippen molar-refractivity contribution in [1.29, 1.82) is 0 Å². The van der Waals surface area contributed by atoms with Crippen molar-refractivity contribution in [2.75, 3.05) is 6.54 Å². The van der Waals surface area contributed by atoms with Crippen LogP contribution in [-0.4, -0.2) is 40.8 Å². The number of rotatable bonds is 6. The molecule has 0 bridgehead atoms. The van der Waals surface area contributed by atoms with Crippen LogP contribution in [0, 0.1) is 11.3 Å². The molecule has 0 heterocycles. The van der Waals surface area contributed by atoms with Gasteiger partial charge in [-0.05, 0) is 18.8 Å². The third-order valence-corrected chi connectivity index (χ3v) is 2.56. The molecule has 0 spiro atoms. The third-order valence-electron chi connectivity index (χ3n) is 2.56. The Bertz CT molecular complexity index is 297. The van der Waals surface area contributed by atoms with Gasteiger partial charge in [0.1, 0.15) is 0 Å². The van der Waals surface area contributed by atoms with Crippen LogP contribution >= 0.6 is 0 Å². The average molecular weight is 260 g/mol. The van der Waals surface area contributed by atoms with Crippen LogP contribution in [0.15, 0.2) is 0 Å². The van der Waals surface area contributed by atoms with Gasteiger partial charge in [0.25, 0.3) is 0 Å². The fourth-order valence-electron chi connectivity index (χ4n) is 1.68. The van der Waals surface area contributed by atoms with E-state index in [0.717, 1.165) is 0 Å². The zero-order chi connectivity index (χ0) is 14.5. The maximum atomic E-state index is 11.9. The molecule has 5 N–H and O–H groups in total. The molecule has 3 atom stereocenters. The zero-order valence-corrected chi connectivity index (χ0v) is 11.4. The minimum atomic E-state index is -1.30. The van der Waals surface area contributed by atoms with E-state index in [1.165, 1.54) is 6.92 Å². The molecule has 6 nitrogen and oxygen atoms in total. The van der Waals surface area contributed by atoms with Crippen LogP contribution in [0.1, 0.15) is 34.1 Å². The summed E-state index contributed by atoms with van der Waals surface area (Å²) in [6.07, 6.45) is -0.596. The van der Waals surface area contributed by atoms with Crippen molar-refractivity contribution in [3.05, 3.63) is 0 Å². The number of nitrogens with two attached hydrogens (primary N) is 1. The fraction of sp³-hybridized carbons (Fsp3) is 0.833. The molecule has 6 heteroatoms. The van der Waals surface area contributed by atoms with Gasteiger partial charge in [-0.15, -0.1) is 0 Å². The van der Waals surface area contributed by atoms with Crippen LogP contribution in [-0.2, 0) is 9.59 Å². The second-order valence-electron chi connectivity index (χ2n) is 5.76. The monoisotopic (exact) mass is 260 g/mol. The summed E-state index contributed by atoms with van der Waals surface area (Å²) in [6, 6.07) is -1.30. The zero-order valence-electron chi connectivity index (χ0n) is 11.4. The van der Waals surface area contributed by atoms with Crippen molar-refractivity contribution >= 4 is 11.9 Å². The minimum Gasteiger partial charge on any atom is -0.480 e. The second-order valence-corrected chi connectivity index (χ2v) is 5.76. The second kappa shape index (κ2) is 6.70. The highest BCUT2D eigenvalue weighted by Gasteiger charge is 2.30. The first kappa shape index (κ1) is 16.9. The lowest BCUT2D eigenvalue weighted by atomic mass is 9.84. The molecule has 0 fully saturated rings. The van der Waals surface area contributed by atoms with E-state index in [-0.39, 0.29) is 12.0 Å². The summed E-state index contributed by atoms with van der Waals surface area (Å²) in [4.78, 5) is 22.8. The molecule has 0 saturated heterocycles. The number of hydrogen-bond acceptors (Lipinski definition) is 4. The molecule has 0 saturated carbocycles. The highest BCUT2D eigenvalue weighted by Crippen LogP contribution is 2.24. The summed E-state index contributed by atoms with van der Waals surface area (Å²) in [7, 11) is 0. The third kappa shape index (κ3) is 5.97. The number of carboxylic acid groups (broad SMARTS) is 1. The van der Waals surface area contributed by atoms with E-state index in [2.05, 4.69) is 5.32 Å². The first-order valence-corrected chi connectivity index (χ1v) is 6.00. The summed E-state index contributed by atoms with van der Waals surface area (Å²) >= 11 is 0. The molecular weight excluding hydrogens is 236 g/mol. The highest BCUT2D eigenvalue weighted by molar-refractivity contribution is 5.85. The number of carbonyl (C=O) groups excluding carboxylic acids is 1. The number of amides is 1. The van der Waals surface area contributed by atoms with E-state index >= 15 is 0 Å². The summed E-state index contributed by atoms with van der Waals surface area (Å²) in [5.41, 5.74) is 5.46. The Labute approximate surface area is 108 Å². The Hall–Kier alpha value is -1.14. The topological polar surface area (TPSA) is 113 Å². The standard InChI is InChI=1S/C12H24N2O4/c1-7(15)9(11(17)18)14-10(16)8(6-13)5-12(2,3)4/h7-9,15H,5-6,13H2,1-4H3,(H,14,16)(H,17,18). The molecule has 0 rings (SSSR count). The van der Waals surface area contributed by atoms with Crippen molar-refractivity contribution in [3.63, 3.8) is 0 Å². The fourth-order valence-corrected chi connectivity index (χ4v) is 1.68. The molecule has 106 valence electrons. The van der Waals surface area contributed by atoms with Crippen molar-refractivity contribution in [3.8, 4) is 0 Å². The van der Waals surface area contributed by atoms with Gasteiger partial charge in [0.05, 0.1) is 12.0 Å². The van der Waals surface area contributed by atoms with E-state index in [0.29, 0.717) is 6.42 Å².